The van der Waals surface area contributed by atoms with Crippen LogP contribution in [-0.4, -0.2) is 10.5 Å². The first-order chi connectivity index (χ1) is 9.44. The van der Waals surface area contributed by atoms with E-state index in [2.05, 4.69) is 10.3 Å². The molecule has 0 aliphatic heterocycles. The summed E-state index contributed by atoms with van der Waals surface area (Å²) >= 11 is -0.115. The Morgan fingerprint density at radius 3 is 2.35 bits per heavy atom. The molecule has 0 bridgehead atoms. The van der Waals surface area contributed by atoms with E-state index in [1.807, 2.05) is 25.1 Å². The fourth-order valence-corrected chi connectivity index (χ4v) is 2.25. The van der Waals surface area contributed by atoms with Gasteiger partial charge in [-0.25, -0.2) is 0 Å². The lowest BCUT2D eigenvalue weighted by Gasteiger charge is -2.15. The largest absolute Gasteiger partial charge is 0.446 e. The highest BCUT2D eigenvalue weighted by Gasteiger charge is 2.28. The first-order valence-electron chi connectivity index (χ1n) is 5.97. The van der Waals surface area contributed by atoms with Gasteiger partial charge in [0.05, 0.1) is 11.7 Å². The van der Waals surface area contributed by atoms with E-state index >= 15 is 0 Å². The van der Waals surface area contributed by atoms with E-state index in [1.165, 1.54) is 12.1 Å². The highest BCUT2D eigenvalue weighted by atomic mass is 32.2. The maximum absolute atomic E-state index is 12.2. The van der Waals surface area contributed by atoms with Crippen LogP contribution in [0.15, 0.2) is 53.6 Å². The van der Waals surface area contributed by atoms with Gasteiger partial charge < -0.3 is 5.32 Å². The third-order valence-electron chi connectivity index (χ3n) is 2.60. The maximum Gasteiger partial charge on any atom is 0.446 e. The van der Waals surface area contributed by atoms with E-state index in [4.69, 9.17) is 0 Å². The number of alkyl halides is 3. The lowest BCUT2D eigenvalue weighted by atomic mass is 10.2. The summed E-state index contributed by atoms with van der Waals surface area (Å²) in [5, 5.41) is 3.20. The van der Waals surface area contributed by atoms with Gasteiger partial charge in [0.1, 0.15) is 0 Å². The smallest absolute Gasteiger partial charge is 0.377 e. The number of nitrogens with one attached hydrogen (secondary N) is 1. The van der Waals surface area contributed by atoms with Crippen LogP contribution < -0.4 is 5.32 Å². The first kappa shape index (κ1) is 14.7. The predicted molar refractivity (Wildman–Crippen MR) is 74.6 cm³/mol. The number of anilines is 1. The van der Waals surface area contributed by atoms with Crippen molar-refractivity contribution in [3.8, 4) is 0 Å². The van der Waals surface area contributed by atoms with Crippen molar-refractivity contribution in [1.29, 1.82) is 0 Å². The van der Waals surface area contributed by atoms with Crippen molar-refractivity contribution in [1.82, 2.24) is 4.98 Å². The number of aromatic nitrogens is 1. The van der Waals surface area contributed by atoms with Gasteiger partial charge in [0, 0.05) is 16.8 Å². The van der Waals surface area contributed by atoms with Gasteiger partial charge in [-0.3, -0.25) is 4.98 Å². The number of thioether (sulfide) groups is 1. The van der Waals surface area contributed by atoms with Crippen LogP contribution in [-0.2, 0) is 0 Å². The Hall–Kier alpha value is -1.69. The molecular weight excluding hydrogens is 285 g/mol. The normalized spacial score (nSPS) is 13.0. The quantitative estimate of drug-likeness (QED) is 0.815. The minimum absolute atomic E-state index is 0.0164. The van der Waals surface area contributed by atoms with Crippen molar-refractivity contribution in [2.75, 3.05) is 5.32 Å². The predicted octanol–water partition coefficient (Wildman–Crippen LogP) is 4.87. The van der Waals surface area contributed by atoms with E-state index in [0.717, 1.165) is 11.4 Å². The lowest BCUT2D eigenvalue weighted by molar-refractivity contribution is -0.0328. The lowest BCUT2D eigenvalue weighted by Crippen LogP contribution is -2.08. The molecule has 0 amide bonds. The minimum atomic E-state index is -4.25. The van der Waals surface area contributed by atoms with E-state index in [-0.39, 0.29) is 22.7 Å². The fourth-order valence-electron chi connectivity index (χ4n) is 1.71. The summed E-state index contributed by atoms with van der Waals surface area (Å²) in [6.45, 7) is 1.95. The van der Waals surface area contributed by atoms with Gasteiger partial charge in [0.25, 0.3) is 0 Å². The molecule has 106 valence electrons. The van der Waals surface area contributed by atoms with Crippen molar-refractivity contribution in [3.05, 3.63) is 54.4 Å². The third kappa shape index (κ3) is 4.45. The topological polar surface area (TPSA) is 24.9 Å². The van der Waals surface area contributed by atoms with Crippen LogP contribution in [0.25, 0.3) is 0 Å². The second kappa shape index (κ2) is 6.17. The van der Waals surface area contributed by atoms with Crippen LogP contribution in [0.4, 0.5) is 18.9 Å². The van der Waals surface area contributed by atoms with Gasteiger partial charge in [-0.2, -0.15) is 13.2 Å². The van der Waals surface area contributed by atoms with Gasteiger partial charge >= 0.3 is 5.51 Å². The molecule has 1 N–H and O–H groups in total. The Bertz CT molecular complexity index is 541. The zero-order chi connectivity index (χ0) is 14.6. The molecule has 20 heavy (non-hydrogen) atoms. The highest BCUT2D eigenvalue weighted by molar-refractivity contribution is 8.00. The Morgan fingerprint density at radius 2 is 1.80 bits per heavy atom. The Labute approximate surface area is 119 Å². The number of hydrogen-bond acceptors (Lipinski definition) is 3. The van der Waals surface area contributed by atoms with E-state index in [9.17, 15) is 13.2 Å². The van der Waals surface area contributed by atoms with Crippen molar-refractivity contribution in [2.24, 2.45) is 0 Å². The van der Waals surface area contributed by atoms with E-state index in [0.29, 0.717) is 0 Å². The molecule has 1 heterocycles. The fraction of sp³-hybridized carbons (Fsp3) is 0.214. The Balaban J connectivity index is 2.00. The average molecular weight is 298 g/mol. The van der Waals surface area contributed by atoms with Gasteiger partial charge in [-0.05, 0) is 55.1 Å². The summed E-state index contributed by atoms with van der Waals surface area (Å²) in [6, 6.07) is 11.8. The van der Waals surface area contributed by atoms with Gasteiger partial charge in [0.2, 0.25) is 0 Å². The number of benzene rings is 1. The minimum Gasteiger partial charge on any atom is -0.377 e. The molecule has 0 spiro atoms. The van der Waals surface area contributed by atoms with E-state index in [1.54, 1.807) is 18.3 Å². The van der Waals surface area contributed by atoms with Crippen molar-refractivity contribution >= 4 is 17.4 Å². The third-order valence-corrected chi connectivity index (χ3v) is 3.34. The standard InChI is InChI=1S/C14H13F3N2S/c1-10(13-4-2-3-9-18-13)19-11-5-7-12(8-6-11)20-14(15,16)17/h2-10,19H,1H3. The molecule has 2 aromatic rings. The van der Waals surface area contributed by atoms with Crippen LogP contribution in [0.2, 0.25) is 0 Å². The molecule has 2 nitrogen and oxygen atoms in total. The molecule has 6 heteroatoms. The monoisotopic (exact) mass is 298 g/mol. The summed E-state index contributed by atoms with van der Waals surface area (Å²) in [6.07, 6.45) is 1.70. The Kier molecular flexibility index (Phi) is 4.54. The molecule has 1 aromatic heterocycles. The molecule has 0 saturated heterocycles. The zero-order valence-corrected chi connectivity index (χ0v) is 11.5. The van der Waals surface area contributed by atoms with Crippen molar-refractivity contribution < 1.29 is 13.2 Å². The summed E-state index contributed by atoms with van der Waals surface area (Å²) in [5.74, 6) is 0. The maximum atomic E-state index is 12.2. The second-order valence-electron chi connectivity index (χ2n) is 4.19. The number of hydrogen-bond donors (Lipinski definition) is 1. The van der Waals surface area contributed by atoms with E-state index < -0.39 is 5.51 Å². The molecule has 2 rings (SSSR count). The van der Waals surface area contributed by atoms with Gasteiger partial charge in [0.15, 0.2) is 0 Å². The summed E-state index contributed by atoms with van der Waals surface area (Å²) < 4.78 is 36.6. The van der Waals surface area contributed by atoms with Crippen LogP contribution in [0.3, 0.4) is 0 Å². The number of halogens is 3. The molecule has 1 aromatic carbocycles. The van der Waals surface area contributed by atoms with Crippen LogP contribution in [0.5, 0.6) is 0 Å². The molecular formula is C14H13F3N2S. The van der Waals surface area contributed by atoms with Crippen LogP contribution in [0.1, 0.15) is 18.7 Å². The number of nitrogens with zero attached hydrogens (tertiary/aromatic N) is 1. The Morgan fingerprint density at radius 1 is 1.10 bits per heavy atom. The second-order valence-corrected chi connectivity index (χ2v) is 5.33. The van der Waals surface area contributed by atoms with Crippen LogP contribution in [0, 0.1) is 0 Å². The molecule has 0 fully saturated rings. The SMILES string of the molecule is CC(Nc1ccc(SC(F)(F)F)cc1)c1ccccn1. The molecule has 0 aliphatic rings. The van der Waals surface area contributed by atoms with Gasteiger partial charge in [-0.15, -0.1) is 0 Å². The highest BCUT2D eigenvalue weighted by Crippen LogP contribution is 2.37. The summed E-state index contributed by atoms with van der Waals surface area (Å²) in [4.78, 5) is 4.40. The van der Waals surface area contributed by atoms with Crippen molar-refractivity contribution in [3.63, 3.8) is 0 Å². The van der Waals surface area contributed by atoms with Gasteiger partial charge in [-0.1, -0.05) is 6.07 Å². The summed E-state index contributed by atoms with van der Waals surface area (Å²) in [7, 11) is 0. The zero-order valence-electron chi connectivity index (χ0n) is 10.7. The summed E-state index contributed by atoms with van der Waals surface area (Å²) in [5.41, 5.74) is -2.62. The molecule has 0 radical (unpaired) electrons. The average Bonchev–Trinajstić information content (AvgIpc) is 2.40. The molecule has 1 atom stereocenters. The number of rotatable bonds is 4. The number of pyridine rings is 1. The molecule has 0 aliphatic carbocycles. The van der Waals surface area contributed by atoms with Crippen molar-refractivity contribution in [2.45, 2.75) is 23.4 Å². The van der Waals surface area contributed by atoms with Crippen LogP contribution >= 0.6 is 11.8 Å². The first-order valence-corrected chi connectivity index (χ1v) is 6.79. The molecule has 1 unspecified atom stereocenters. The molecule has 0 saturated carbocycles.